The van der Waals surface area contributed by atoms with Gasteiger partial charge in [0.15, 0.2) is 0 Å². The SMILES string of the molecule is C=C(C)CNS(=O)(=O)c1ccc(CCN(Cc2cc(Cl)ccc2OCCC)C(=O)C(N)C(C)C)cc1. The number of carbonyl (C=O) groups excluding carboxylic acids is 1. The largest absolute Gasteiger partial charge is 0.493 e. The van der Waals surface area contributed by atoms with Crippen molar-refractivity contribution in [3.63, 3.8) is 0 Å². The van der Waals surface area contributed by atoms with Crippen LogP contribution in [0.15, 0.2) is 59.5 Å². The number of ether oxygens (including phenoxy) is 1. The van der Waals surface area contributed by atoms with Gasteiger partial charge >= 0.3 is 0 Å². The first-order chi connectivity index (χ1) is 16.9. The third-order valence-electron chi connectivity index (χ3n) is 5.63. The highest BCUT2D eigenvalue weighted by atomic mass is 35.5. The Morgan fingerprint density at radius 3 is 2.44 bits per heavy atom. The number of halogens is 1. The van der Waals surface area contributed by atoms with Gasteiger partial charge in [-0.2, -0.15) is 0 Å². The average molecular weight is 536 g/mol. The highest BCUT2D eigenvalue weighted by Crippen LogP contribution is 2.25. The van der Waals surface area contributed by atoms with Crippen molar-refractivity contribution in [3.05, 3.63) is 70.8 Å². The average Bonchev–Trinajstić information content (AvgIpc) is 2.84. The molecule has 0 aromatic heterocycles. The number of carbonyl (C=O) groups is 1. The lowest BCUT2D eigenvalue weighted by molar-refractivity contribution is -0.134. The normalized spacial score (nSPS) is 12.4. The van der Waals surface area contributed by atoms with Crippen LogP contribution < -0.4 is 15.2 Å². The Morgan fingerprint density at radius 2 is 1.86 bits per heavy atom. The molecule has 0 aliphatic heterocycles. The molecule has 0 saturated carbocycles. The van der Waals surface area contributed by atoms with E-state index in [-0.39, 0.29) is 23.3 Å². The standard InChI is InChI=1S/C27H38ClN3O4S/c1-6-15-35-25-12-9-23(28)16-22(25)18-31(27(32)26(29)20(4)5)14-13-21-7-10-24(11-8-21)36(33,34)30-17-19(2)3/h7-12,16,20,26,30H,2,6,13-15,17-18,29H2,1,3-5H3. The summed E-state index contributed by atoms with van der Waals surface area (Å²) in [4.78, 5) is 15.2. The van der Waals surface area contributed by atoms with Gasteiger partial charge in [0.1, 0.15) is 5.75 Å². The Kier molecular flexibility index (Phi) is 11.4. The number of nitrogens with two attached hydrogens (primary N) is 1. The van der Waals surface area contributed by atoms with E-state index < -0.39 is 16.1 Å². The van der Waals surface area contributed by atoms with Crippen molar-refractivity contribution in [1.29, 1.82) is 0 Å². The second-order valence-electron chi connectivity index (χ2n) is 9.31. The van der Waals surface area contributed by atoms with Gasteiger partial charge < -0.3 is 15.4 Å². The first kappa shape index (κ1) is 29.8. The van der Waals surface area contributed by atoms with Gasteiger partial charge in [0.2, 0.25) is 15.9 Å². The zero-order valence-corrected chi connectivity index (χ0v) is 23.2. The second-order valence-corrected chi connectivity index (χ2v) is 11.5. The minimum Gasteiger partial charge on any atom is -0.493 e. The van der Waals surface area contributed by atoms with Crippen LogP contribution in [0.25, 0.3) is 0 Å². The number of rotatable bonds is 14. The number of hydrogen-bond donors (Lipinski definition) is 2. The van der Waals surface area contributed by atoms with E-state index in [0.29, 0.717) is 36.9 Å². The molecular weight excluding hydrogens is 498 g/mol. The Bertz CT molecular complexity index is 1130. The summed E-state index contributed by atoms with van der Waals surface area (Å²) in [5.41, 5.74) is 8.66. The topological polar surface area (TPSA) is 102 Å². The number of hydrogen-bond acceptors (Lipinski definition) is 5. The molecular formula is C27H38ClN3O4S. The molecule has 1 amide bonds. The summed E-state index contributed by atoms with van der Waals surface area (Å²) in [6.45, 7) is 12.8. The van der Waals surface area contributed by atoms with E-state index in [1.165, 1.54) is 0 Å². The zero-order valence-electron chi connectivity index (χ0n) is 21.6. The molecule has 0 aliphatic rings. The van der Waals surface area contributed by atoms with Crippen LogP contribution >= 0.6 is 11.6 Å². The minimum atomic E-state index is -3.61. The summed E-state index contributed by atoms with van der Waals surface area (Å²) in [5, 5.41) is 0.562. The van der Waals surface area contributed by atoms with E-state index in [2.05, 4.69) is 11.3 Å². The lowest BCUT2D eigenvalue weighted by atomic mass is 10.0. The van der Waals surface area contributed by atoms with Crippen molar-refractivity contribution in [2.45, 2.75) is 58.0 Å². The Hall–Kier alpha value is -2.39. The van der Waals surface area contributed by atoms with Crippen molar-refractivity contribution in [3.8, 4) is 5.75 Å². The number of sulfonamides is 1. The Morgan fingerprint density at radius 1 is 1.19 bits per heavy atom. The fraction of sp³-hybridized carbons (Fsp3) is 0.444. The maximum Gasteiger partial charge on any atom is 0.240 e. The van der Waals surface area contributed by atoms with Crippen molar-refractivity contribution in [2.24, 2.45) is 11.7 Å². The lowest BCUT2D eigenvalue weighted by Crippen LogP contribution is -2.46. The van der Waals surface area contributed by atoms with Crippen LogP contribution in [0.2, 0.25) is 5.02 Å². The lowest BCUT2D eigenvalue weighted by Gasteiger charge is -2.28. The predicted octanol–water partition coefficient (Wildman–Crippen LogP) is 4.54. The molecule has 1 atom stereocenters. The van der Waals surface area contributed by atoms with Gasteiger partial charge in [-0.25, -0.2) is 13.1 Å². The molecule has 2 aromatic rings. The number of nitrogens with one attached hydrogen (secondary N) is 1. The summed E-state index contributed by atoms with van der Waals surface area (Å²) < 4.78 is 33.3. The fourth-order valence-corrected chi connectivity index (χ4v) is 4.69. The smallest absolute Gasteiger partial charge is 0.240 e. The van der Waals surface area contributed by atoms with Crippen molar-refractivity contribution in [2.75, 3.05) is 19.7 Å². The van der Waals surface area contributed by atoms with Gasteiger partial charge in [-0.1, -0.05) is 56.7 Å². The molecule has 9 heteroatoms. The monoisotopic (exact) mass is 535 g/mol. The molecule has 0 saturated heterocycles. The molecule has 0 fully saturated rings. The summed E-state index contributed by atoms with van der Waals surface area (Å²) in [6.07, 6.45) is 1.39. The quantitative estimate of drug-likeness (QED) is 0.346. The molecule has 0 bridgehead atoms. The van der Waals surface area contributed by atoms with Gasteiger partial charge in [0.05, 0.1) is 17.5 Å². The predicted molar refractivity (Wildman–Crippen MR) is 146 cm³/mol. The fourth-order valence-electron chi connectivity index (χ4n) is 3.39. The summed E-state index contributed by atoms with van der Waals surface area (Å²) in [5.74, 6) is 0.509. The summed E-state index contributed by atoms with van der Waals surface area (Å²) in [7, 11) is -3.61. The Labute approximate surface area is 220 Å². The van der Waals surface area contributed by atoms with Crippen LogP contribution in [0.3, 0.4) is 0 Å². The number of amides is 1. The van der Waals surface area contributed by atoms with E-state index >= 15 is 0 Å². The molecule has 2 aromatic carbocycles. The summed E-state index contributed by atoms with van der Waals surface area (Å²) in [6, 6.07) is 11.4. The Balaban J connectivity index is 2.22. The van der Waals surface area contributed by atoms with Crippen molar-refractivity contribution < 1.29 is 17.9 Å². The van der Waals surface area contributed by atoms with Crippen LogP contribution in [0.5, 0.6) is 5.75 Å². The third kappa shape index (κ3) is 8.92. The molecule has 0 radical (unpaired) electrons. The second kappa shape index (κ2) is 13.8. The van der Waals surface area contributed by atoms with Gasteiger partial charge in [0, 0.05) is 30.2 Å². The first-order valence-electron chi connectivity index (χ1n) is 12.1. The maximum absolute atomic E-state index is 13.3. The van der Waals surface area contributed by atoms with Crippen LogP contribution in [-0.4, -0.2) is 45.0 Å². The molecule has 198 valence electrons. The first-order valence-corrected chi connectivity index (χ1v) is 14.0. The molecule has 0 aliphatic carbocycles. The van der Waals surface area contributed by atoms with Crippen molar-refractivity contribution in [1.82, 2.24) is 9.62 Å². The van der Waals surface area contributed by atoms with E-state index in [1.807, 2.05) is 32.9 Å². The van der Waals surface area contributed by atoms with E-state index in [4.69, 9.17) is 22.1 Å². The molecule has 0 spiro atoms. The van der Waals surface area contributed by atoms with Crippen LogP contribution in [0, 0.1) is 5.92 Å². The van der Waals surface area contributed by atoms with Crippen LogP contribution in [0.4, 0.5) is 0 Å². The summed E-state index contributed by atoms with van der Waals surface area (Å²) >= 11 is 6.25. The van der Waals surface area contributed by atoms with Gasteiger partial charge in [-0.15, -0.1) is 0 Å². The molecule has 36 heavy (non-hydrogen) atoms. The maximum atomic E-state index is 13.3. The van der Waals surface area contributed by atoms with E-state index in [9.17, 15) is 13.2 Å². The molecule has 1 unspecified atom stereocenters. The minimum absolute atomic E-state index is 0.0219. The van der Waals surface area contributed by atoms with Crippen LogP contribution in [0.1, 0.15) is 45.2 Å². The van der Waals surface area contributed by atoms with Gasteiger partial charge in [0.25, 0.3) is 0 Å². The number of nitrogens with zero attached hydrogens (tertiary/aromatic N) is 1. The van der Waals surface area contributed by atoms with E-state index in [1.54, 1.807) is 42.2 Å². The van der Waals surface area contributed by atoms with Gasteiger partial charge in [-0.05, 0) is 61.6 Å². The molecule has 0 heterocycles. The zero-order chi connectivity index (χ0) is 26.9. The third-order valence-corrected chi connectivity index (χ3v) is 7.28. The highest BCUT2D eigenvalue weighted by Gasteiger charge is 2.25. The van der Waals surface area contributed by atoms with E-state index in [0.717, 1.165) is 23.1 Å². The highest BCUT2D eigenvalue weighted by molar-refractivity contribution is 7.89. The molecule has 7 nitrogen and oxygen atoms in total. The van der Waals surface area contributed by atoms with Crippen molar-refractivity contribution >= 4 is 27.5 Å². The van der Waals surface area contributed by atoms with Gasteiger partial charge in [-0.3, -0.25) is 4.79 Å². The molecule has 3 N–H and O–H groups in total. The number of benzene rings is 2. The molecule has 2 rings (SSSR count). The van der Waals surface area contributed by atoms with Crippen LogP contribution in [-0.2, 0) is 27.8 Å².